The minimum atomic E-state index is -0.0366. The first kappa shape index (κ1) is 24.7. The van der Waals surface area contributed by atoms with Crippen molar-refractivity contribution in [2.75, 3.05) is 76.1 Å². The van der Waals surface area contributed by atoms with Gasteiger partial charge in [-0.05, 0) is 61.2 Å². The van der Waals surface area contributed by atoms with Gasteiger partial charge in [0.2, 0.25) is 0 Å². The first-order valence-electron chi connectivity index (χ1n) is 12.4. The molecule has 5 rings (SSSR count). The van der Waals surface area contributed by atoms with Gasteiger partial charge in [-0.1, -0.05) is 0 Å². The fourth-order valence-electron chi connectivity index (χ4n) is 4.52. The number of benzene rings is 2. The molecule has 0 saturated carbocycles. The van der Waals surface area contributed by atoms with Gasteiger partial charge in [0.1, 0.15) is 5.75 Å². The van der Waals surface area contributed by atoms with Crippen molar-refractivity contribution in [2.24, 2.45) is 4.99 Å². The molecule has 0 N–H and O–H groups in total. The van der Waals surface area contributed by atoms with Crippen molar-refractivity contribution in [1.82, 2.24) is 4.90 Å². The summed E-state index contributed by atoms with van der Waals surface area (Å²) in [5.41, 5.74) is 3.96. The van der Waals surface area contributed by atoms with Crippen LogP contribution in [0, 0.1) is 0 Å². The lowest BCUT2D eigenvalue weighted by Crippen LogP contribution is -2.36. The van der Waals surface area contributed by atoms with Gasteiger partial charge in [-0.25, -0.2) is 4.99 Å². The van der Waals surface area contributed by atoms with E-state index in [4.69, 9.17) is 19.2 Å². The van der Waals surface area contributed by atoms with E-state index in [0.717, 1.165) is 81.0 Å². The van der Waals surface area contributed by atoms with E-state index in [2.05, 4.69) is 28.0 Å². The summed E-state index contributed by atoms with van der Waals surface area (Å²) in [6, 6.07) is 14.3. The molecule has 0 aromatic heterocycles. The fraction of sp³-hybridized carbons (Fsp3) is 0.407. The SMILES string of the molecule is CCN1C(=O)/C(=C/c2ccc(N3CCOCC3)cc2OC)SC1=Nc1ccc(N2CCOCC2)cc1. The highest BCUT2D eigenvalue weighted by atomic mass is 32.2. The molecule has 36 heavy (non-hydrogen) atoms. The van der Waals surface area contributed by atoms with Crippen LogP contribution in [0.5, 0.6) is 5.75 Å². The molecule has 8 nitrogen and oxygen atoms in total. The molecule has 2 aromatic rings. The van der Waals surface area contributed by atoms with Gasteiger partial charge in [0.15, 0.2) is 5.17 Å². The molecule has 3 fully saturated rings. The van der Waals surface area contributed by atoms with Crippen molar-refractivity contribution in [3.63, 3.8) is 0 Å². The number of carbonyl (C=O) groups is 1. The summed E-state index contributed by atoms with van der Waals surface area (Å²) >= 11 is 1.40. The maximum atomic E-state index is 13.2. The molecular formula is C27H32N4O4S. The van der Waals surface area contributed by atoms with Gasteiger partial charge in [0.05, 0.1) is 44.1 Å². The van der Waals surface area contributed by atoms with E-state index in [0.29, 0.717) is 16.6 Å². The number of amides is 1. The number of morpholine rings is 2. The molecule has 0 bridgehead atoms. The van der Waals surface area contributed by atoms with Crippen molar-refractivity contribution in [2.45, 2.75) is 6.92 Å². The Balaban J connectivity index is 1.35. The number of amidine groups is 1. The molecule has 3 heterocycles. The molecule has 9 heteroatoms. The maximum Gasteiger partial charge on any atom is 0.266 e. The number of ether oxygens (including phenoxy) is 3. The summed E-state index contributed by atoms with van der Waals surface area (Å²) in [5.74, 6) is 0.706. The zero-order valence-electron chi connectivity index (χ0n) is 20.8. The Morgan fingerprint density at radius 3 is 2.17 bits per heavy atom. The largest absolute Gasteiger partial charge is 0.496 e. The second kappa shape index (κ2) is 11.4. The summed E-state index contributed by atoms with van der Waals surface area (Å²) in [5, 5.41) is 0.691. The minimum absolute atomic E-state index is 0.0366. The number of thioether (sulfide) groups is 1. The molecule has 0 spiro atoms. The van der Waals surface area contributed by atoms with Crippen molar-refractivity contribution >= 4 is 46.0 Å². The Bertz CT molecular complexity index is 1140. The maximum absolute atomic E-state index is 13.2. The Morgan fingerprint density at radius 1 is 0.944 bits per heavy atom. The Kier molecular flexibility index (Phi) is 7.79. The second-order valence-corrected chi connectivity index (χ2v) is 9.71. The standard InChI is InChI=1S/C27H32N4O4S/c1-3-31-26(32)25(18-20-4-7-23(19-24(20)33-2)30-12-16-35-17-13-30)36-27(31)28-21-5-8-22(9-6-21)29-10-14-34-15-11-29/h4-9,18-19H,3,10-17H2,1-2H3/b25-18-,28-27?. The van der Waals surface area contributed by atoms with E-state index in [9.17, 15) is 4.79 Å². The average molecular weight is 509 g/mol. The normalized spacial score (nSPS) is 21.1. The molecule has 3 saturated heterocycles. The van der Waals surface area contributed by atoms with E-state index >= 15 is 0 Å². The van der Waals surface area contributed by atoms with Gasteiger partial charge in [-0.3, -0.25) is 9.69 Å². The number of methoxy groups -OCH3 is 1. The van der Waals surface area contributed by atoms with Crippen molar-refractivity contribution < 1.29 is 19.0 Å². The number of nitrogens with zero attached hydrogens (tertiary/aromatic N) is 4. The van der Waals surface area contributed by atoms with Crippen LogP contribution in [0.2, 0.25) is 0 Å². The highest BCUT2D eigenvalue weighted by Gasteiger charge is 2.32. The topological polar surface area (TPSA) is 66.8 Å². The first-order chi connectivity index (χ1) is 17.7. The summed E-state index contributed by atoms with van der Waals surface area (Å²) in [6.45, 7) is 8.99. The summed E-state index contributed by atoms with van der Waals surface area (Å²) < 4.78 is 16.6. The van der Waals surface area contributed by atoms with Gasteiger partial charge in [-0.2, -0.15) is 0 Å². The van der Waals surface area contributed by atoms with Crippen molar-refractivity contribution in [1.29, 1.82) is 0 Å². The molecule has 190 valence electrons. The molecule has 3 aliphatic heterocycles. The van der Waals surface area contributed by atoms with Gasteiger partial charge >= 0.3 is 0 Å². The van der Waals surface area contributed by atoms with E-state index < -0.39 is 0 Å². The monoisotopic (exact) mass is 508 g/mol. The van der Waals surface area contributed by atoms with Crippen LogP contribution in [0.25, 0.3) is 6.08 Å². The molecule has 0 atom stereocenters. The Morgan fingerprint density at radius 2 is 1.56 bits per heavy atom. The van der Waals surface area contributed by atoms with Crippen LogP contribution >= 0.6 is 11.8 Å². The van der Waals surface area contributed by atoms with Crippen LogP contribution < -0.4 is 14.5 Å². The predicted octanol–water partition coefficient (Wildman–Crippen LogP) is 3.99. The summed E-state index contributed by atoms with van der Waals surface area (Å²) in [6.07, 6.45) is 1.90. The van der Waals surface area contributed by atoms with Crippen molar-refractivity contribution in [3.8, 4) is 5.75 Å². The van der Waals surface area contributed by atoms with E-state index in [-0.39, 0.29) is 5.91 Å². The van der Waals surface area contributed by atoms with E-state index in [1.807, 2.05) is 37.3 Å². The van der Waals surface area contributed by atoms with Crippen LogP contribution in [0.1, 0.15) is 12.5 Å². The number of carbonyl (C=O) groups excluding carboxylic acids is 1. The Hall–Kier alpha value is -3.01. The molecule has 2 aromatic carbocycles. The molecule has 0 radical (unpaired) electrons. The zero-order chi connectivity index (χ0) is 24.9. The number of anilines is 2. The van der Waals surface area contributed by atoms with Gasteiger partial charge < -0.3 is 24.0 Å². The number of likely N-dealkylation sites (N-methyl/N-ethyl adjacent to an activating group) is 1. The molecule has 0 aliphatic carbocycles. The lowest BCUT2D eigenvalue weighted by molar-refractivity contribution is -0.122. The second-order valence-electron chi connectivity index (χ2n) is 8.70. The first-order valence-corrected chi connectivity index (χ1v) is 13.2. The number of aliphatic imine (C=N–C) groups is 1. The van der Waals surface area contributed by atoms with Crippen molar-refractivity contribution in [3.05, 3.63) is 52.9 Å². The van der Waals surface area contributed by atoms with Crippen LogP contribution in [-0.2, 0) is 14.3 Å². The highest BCUT2D eigenvalue weighted by molar-refractivity contribution is 8.18. The smallest absolute Gasteiger partial charge is 0.266 e. The van der Waals surface area contributed by atoms with Crippen LogP contribution in [0.15, 0.2) is 52.4 Å². The lowest BCUT2D eigenvalue weighted by atomic mass is 10.1. The molecule has 0 unspecified atom stereocenters. The quantitative estimate of drug-likeness (QED) is 0.547. The summed E-state index contributed by atoms with van der Waals surface area (Å²) in [7, 11) is 1.66. The third-order valence-corrected chi connectivity index (χ3v) is 7.54. The zero-order valence-corrected chi connectivity index (χ0v) is 21.6. The van der Waals surface area contributed by atoms with Gasteiger partial charge in [0, 0.05) is 55.7 Å². The Labute approximate surface area is 216 Å². The number of hydrogen-bond acceptors (Lipinski definition) is 8. The third-order valence-electron chi connectivity index (χ3n) is 6.53. The van der Waals surface area contributed by atoms with Crippen LogP contribution in [-0.4, -0.2) is 82.2 Å². The highest BCUT2D eigenvalue weighted by Crippen LogP contribution is 2.36. The average Bonchev–Trinajstić information content (AvgIpc) is 3.23. The molecule has 3 aliphatic rings. The minimum Gasteiger partial charge on any atom is -0.496 e. The van der Waals surface area contributed by atoms with Crippen LogP contribution in [0.3, 0.4) is 0 Å². The summed E-state index contributed by atoms with van der Waals surface area (Å²) in [4.78, 5) is 25.0. The fourth-order valence-corrected chi connectivity index (χ4v) is 5.57. The number of hydrogen-bond donors (Lipinski definition) is 0. The predicted molar refractivity (Wildman–Crippen MR) is 146 cm³/mol. The third kappa shape index (κ3) is 5.38. The van der Waals surface area contributed by atoms with Crippen LogP contribution in [0.4, 0.5) is 17.1 Å². The van der Waals surface area contributed by atoms with Gasteiger partial charge in [0.25, 0.3) is 5.91 Å². The molecular weight excluding hydrogens is 476 g/mol. The number of rotatable bonds is 6. The molecule has 1 amide bonds. The van der Waals surface area contributed by atoms with Gasteiger partial charge in [-0.15, -0.1) is 0 Å². The van der Waals surface area contributed by atoms with E-state index in [1.165, 1.54) is 11.8 Å². The lowest BCUT2D eigenvalue weighted by Gasteiger charge is -2.29. The van der Waals surface area contributed by atoms with E-state index in [1.54, 1.807) is 12.0 Å².